The molecule has 2 rings (SSSR count). The fourth-order valence-corrected chi connectivity index (χ4v) is 2.88. The van der Waals surface area contributed by atoms with Crippen molar-refractivity contribution >= 4 is 5.91 Å². The monoisotopic (exact) mass is 321 g/mol. The molecule has 1 N–H and O–H groups in total. The standard InChI is InChI=1S/C18H27NO4/c1-21-15-10-16(22-2)12-17(11-15)23-13-18(20)19-14-8-6-4-3-5-7-9-14/h10-12,14H,3-9,13H2,1-2H3,(H,19,20). The first-order chi connectivity index (χ1) is 11.2. The van der Waals surface area contributed by atoms with E-state index in [1.54, 1.807) is 32.4 Å². The Bertz CT molecular complexity index is 474. The Morgan fingerprint density at radius 1 is 0.957 bits per heavy atom. The van der Waals surface area contributed by atoms with E-state index >= 15 is 0 Å². The van der Waals surface area contributed by atoms with Crippen LogP contribution in [0.4, 0.5) is 0 Å². The van der Waals surface area contributed by atoms with E-state index in [2.05, 4.69) is 5.32 Å². The van der Waals surface area contributed by atoms with Crippen LogP contribution in [0.25, 0.3) is 0 Å². The van der Waals surface area contributed by atoms with Crippen molar-refractivity contribution in [3.05, 3.63) is 18.2 Å². The Balaban J connectivity index is 1.83. The summed E-state index contributed by atoms with van der Waals surface area (Å²) < 4.78 is 16.0. The number of hydrogen-bond donors (Lipinski definition) is 1. The van der Waals surface area contributed by atoms with Crippen LogP contribution in [0.2, 0.25) is 0 Å². The van der Waals surface area contributed by atoms with Crippen molar-refractivity contribution in [2.75, 3.05) is 20.8 Å². The first-order valence-electron chi connectivity index (χ1n) is 8.36. The number of carbonyl (C=O) groups excluding carboxylic acids is 1. The zero-order valence-electron chi connectivity index (χ0n) is 14.1. The van der Waals surface area contributed by atoms with Gasteiger partial charge < -0.3 is 19.5 Å². The molecule has 1 aliphatic carbocycles. The minimum absolute atomic E-state index is 0.00677. The van der Waals surface area contributed by atoms with E-state index in [0.29, 0.717) is 17.2 Å². The Kier molecular flexibility index (Phi) is 7.04. The van der Waals surface area contributed by atoms with Gasteiger partial charge in [0, 0.05) is 24.2 Å². The van der Waals surface area contributed by atoms with Crippen molar-refractivity contribution in [1.29, 1.82) is 0 Å². The van der Waals surface area contributed by atoms with Crippen molar-refractivity contribution in [3.8, 4) is 17.2 Å². The molecule has 0 atom stereocenters. The molecule has 128 valence electrons. The van der Waals surface area contributed by atoms with Gasteiger partial charge in [0.05, 0.1) is 14.2 Å². The van der Waals surface area contributed by atoms with Gasteiger partial charge in [-0.3, -0.25) is 4.79 Å². The first-order valence-corrected chi connectivity index (χ1v) is 8.36. The summed E-state index contributed by atoms with van der Waals surface area (Å²) in [6.07, 6.45) is 8.38. The maximum Gasteiger partial charge on any atom is 0.258 e. The van der Waals surface area contributed by atoms with Crippen molar-refractivity contribution in [2.45, 2.75) is 51.0 Å². The van der Waals surface area contributed by atoms with Crippen LogP contribution < -0.4 is 19.5 Å². The second-order valence-corrected chi connectivity index (χ2v) is 5.95. The molecule has 1 fully saturated rings. The number of amides is 1. The third kappa shape index (κ3) is 6.00. The Morgan fingerprint density at radius 3 is 2.04 bits per heavy atom. The summed E-state index contributed by atoms with van der Waals surface area (Å²) in [5.74, 6) is 1.77. The van der Waals surface area contributed by atoms with Gasteiger partial charge in [0.25, 0.3) is 5.91 Å². The van der Waals surface area contributed by atoms with Gasteiger partial charge in [0.2, 0.25) is 0 Å². The van der Waals surface area contributed by atoms with Crippen LogP contribution in [0.5, 0.6) is 17.2 Å². The first kappa shape index (κ1) is 17.4. The normalized spacial score (nSPS) is 16.1. The van der Waals surface area contributed by atoms with E-state index in [9.17, 15) is 4.79 Å². The molecule has 0 heterocycles. The minimum Gasteiger partial charge on any atom is -0.496 e. The number of hydrogen-bond acceptors (Lipinski definition) is 4. The summed E-state index contributed by atoms with van der Waals surface area (Å²) in [5, 5.41) is 3.09. The highest BCUT2D eigenvalue weighted by atomic mass is 16.5. The predicted octanol–water partition coefficient (Wildman–Crippen LogP) is 3.31. The molecule has 1 amide bonds. The van der Waals surface area contributed by atoms with E-state index in [1.807, 2.05) is 0 Å². The lowest BCUT2D eigenvalue weighted by atomic mass is 9.97. The van der Waals surface area contributed by atoms with E-state index < -0.39 is 0 Å². The maximum atomic E-state index is 12.1. The van der Waals surface area contributed by atoms with Gasteiger partial charge in [-0.25, -0.2) is 0 Å². The maximum absolute atomic E-state index is 12.1. The number of methoxy groups -OCH3 is 2. The quantitative estimate of drug-likeness (QED) is 0.873. The van der Waals surface area contributed by atoms with Crippen LogP contribution >= 0.6 is 0 Å². The number of rotatable bonds is 6. The lowest BCUT2D eigenvalue weighted by Crippen LogP contribution is -2.38. The molecular formula is C18H27NO4. The van der Waals surface area contributed by atoms with Gasteiger partial charge in [0.1, 0.15) is 17.2 Å². The van der Waals surface area contributed by atoms with E-state index in [-0.39, 0.29) is 18.6 Å². The third-order valence-electron chi connectivity index (χ3n) is 4.17. The fraction of sp³-hybridized carbons (Fsp3) is 0.611. The topological polar surface area (TPSA) is 56.8 Å². The van der Waals surface area contributed by atoms with E-state index in [1.165, 1.54) is 32.1 Å². The van der Waals surface area contributed by atoms with Crippen LogP contribution in [-0.4, -0.2) is 32.8 Å². The molecule has 0 bridgehead atoms. The number of carbonyl (C=O) groups is 1. The highest BCUT2D eigenvalue weighted by Gasteiger charge is 2.14. The summed E-state index contributed by atoms with van der Waals surface area (Å²) in [6.45, 7) is 0.00677. The van der Waals surface area contributed by atoms with Crippen LogP contribution in [0.1, 0.15) is 44.9 Å². The molecule has 5 nitrogen and oxygen atoms in total. The molecule has 1 aromatic carbocycles. The summed E-state index contributed by atoms with van der Waals surface area (Å²) in [7, 11) is 3.17. The fourth-order valence-electron chi connectivity index (χ4n) is 2.88. The Morgan fingerprint density at radius 2 is 1.48 bits per heavy atom. The zero-order valence-corrected chi connectivity index (χ0v) is 14.1. The summed E-state index contributed by atoms with van der Waals surface area (Å²) >= 11 is 0. The molecule has 0 saturated heterocycles. The number of benzene rings is 1. The van der Waals surface area contributed by atoms with Gasteiger partial charge in [-0.05, 0) is 12.8 Å². The zero-order chi connectivity index (χ0) is 16.5. The molecule has 0 spiro atoms. The van der Waals surface area contributed by atoms with Crippen LogP contribution in [0, 0.1) is 0 Å². The molecule has 5 heteroatoms. The molecule has 0 aromatic heterocycles. The van der Waals surface area contributed by atoms with Gasteiger partial charge in [0.15, 0.2) is 6.61 Å². The van der Waals surface area contributed by atoms with Crippen molar-refractivity contribution < 1.29 is 19.0 Å². The summed E-state index contributed by atoms with van der Waals surface area (Å²) in [6, 6.07) is 5.53. The molecule has 1 aromatic rings. The van der Waals surface area contributed by atoms with E-state index in [4.69, 9.17) is 14.2 Å². The molecule has 0 radical (unpaired) electrons. The average Bonchev–Trinajstić information content (AvgIpc) is 2.55. The van der Waals surface area contributed by atoms with Gasteiger partial charge in [-0.2, -0.15) is 0 Å². The van der Waals surface area contributed by atoms with Crippen molar-refractivity contribution in [2.24, 2.45) is 0 Å². The third-order valence-corrected chi connectivity index (χ3v) is 4.17. The van der Waals surface area contributed by atoms with Crippen LogP contribution in [0.15, 0.2) is 18.2 Å². The van der Waals surface area contributed by atoms with Crippen molar-refractivity contribution in [3.63, 3.8) is 0 Å². The second kappa shape index (κ2) is 9.28. The Hall–Kier alpha value is -1.91. The van der Waals surface area contributed by atoms with Gasteiger partial charge in [-0.1, -0.05) is 32.1 Å². The molecule has 1 aliphatic rings. The largest absolute Gasteiger partial charge is 0.496 e. The van der Waals surface area contributed by atoms with Crippen LogP contribution in [-0.2, 0) is 4.79 Å². The Labute approximate surface area is 138 Å². The number of nitrogens with one attached hydrogen (secondary N) is 1. The van der Waals surface area contributed by atoms with Crippen molar-refractivity contribution in [1.82, 2.24) is 5.32 Å². The highest BCUT2D eigenvalue weighted by molar-refractivity contribution is 5.77. The smallest absolute Gasteiger partial charge is 0.258 e. The van der Waals surface area contributed by atoms with Gasteiger partial charge >= 0.3 is 0 Å². The second-order valence-electron chi connectivity index (χ2n) is 5.95. The molecule has 23 heavy (non-hydrogen) atoms. The average molecular weight is 321 g/mol. The molecule has 1 saturated carbocycles. The highest BCUT2D eigenvalue weighted by Crippen LogP contribution is 2.27. The van der Waals surface area contributed by atoms with Crippen LogP contribution in [0.3, 0.4) is 0 Å². The lowest BCUT2D eigenvalue weighted by Gasteiger charge is -2.21. The predicted molar refractivity (Wildman–Crippen MR) is 89.3 cm³/mol. The molecule has 0 aliphatic heterocycles. The molecular weight excluding hydrogens is 294 g/mol. The van der Waals surface area contributed by atoms with E-state index in [0.717, 1.165) is 12.8 Å². The SMILES string of the molecule is COc1cc(OC)cc(OCC(=O)NC2CCCCCCC2)c1. The summed E-state index contributed by atoms with van der Waals surface area (Å²) in [5.41, 5.74) is 0. The lowest BCUT2D eigenvalue weighted by molar-refractivity contribution is -0.123. The van der Waals surface area contributed by atoms with Gasteiger partial charge in [-0.15, -0.1) is 0 Å². The minimum atomic E-state index is -0.0719. The summed E-state index contributed by atoms with van der Waals surface area (Å²) in [4.78, 5) is 12.1. The molecule has 0 unspecified atom stereocenters. The number of ether oxygens (including phenoxy) is 3.